The minimum atomic E-state index is -0.143. The van der Waals surface area contributed by atoms with Gasteiger partial charge in [0.1, 0.15) is 5.82 Å². The van der Waals surface area contributed by atoms with E-state index in [1.54, 1.807) is 23.0 Å². The molecule has 128 valence electrons. The average Bonchev–Trinajstić information content (AvgIpc) is 3.18. The van der Waals surface area contributed by atoms with Crippen molar-refractivity contribution in [3.63, 3.8) is 0 Å². The molecule has 5 rings (SSSR count). The lowest BCUT2D eigenvalue weighted by atomic mass is 9.89. The van der Waals surface area contributed by atoms with Gasteiger partial charge in [0.25, 0.3) is 0 Å². The fraction of sp³-hybridized carbons (Fsp3) is 0.389. The van der Waals surface area contributed by atoms with E-state index in [9.17, 15) is 4.79 Å². The molecule has 7 heteroatoms. The monoisotopic (exact) mass is 336 g/mol. The zero-order chi connectivity index (χ0) is 17.0. The van der Waals surface area contributed by atoms with Crippen LogP contribution in [0.15, 0.2) is 35.4 Å². The van der Waals surface area contributed by atoms with Crippen molar-refractivity contribution >= 4 is 11.5 Å². The molecule has 2 aliphatic rings. The maximum atomic E-state index is 11.6. The minimum absolute atomic E-state index is 0.143. The Kier molecular flexibility index (Phi) is 3.18. The van der Waals surface area contributed by atoms with Crippen LogP contribution in [0.3, 0.4) is 0 Å². The number of piperidine rings is 1. The molecule has 4 N–H and O–H groups in total. The lowest BCUT2D eigenvalue weighted by molar-refractivity contribution is 0.359. The number of hydrogen-bond acceptors (Lipinski definition) is 5. The van der Waals surface area contributed by atoms with Gasteiger partial charge in [-0.15, -0.1) is 0 Å². The first-order chi connectivity index (χ1) is 12.2. The number of hydrogen-bond donors (Lipinski definition) is 3. The van der Waals surface area contributed by atoms with Gasteiger partial charge in [-0.2, -0.15) is 9.61 Å². The van der Waals surface area contributed by atoms with Gasteiger partial charge < -0.3 is 16.0 Å². The van der Waals surface area contributed by atoms with Gasteiger partial charge in [-0.3, -0.25) is 4.79 Å². The summed E-state index contributed by atoms with van der Waals surface area (Å²) in [6.45, 7) is 0. The van der Waals surface area contributed by atoms with Crippen molar-refractivity contribution in [3.05, 3.63) is 46.6 Å². The van der Waals surface area contributed by atoms with Crippen molar-refractivity contribution < 1.29 is 0 Å². The molecule has 2 bridgehead atoms. The number of aromatic nitrogens is 4. The number of pyridine rings is 1. The summed E-state index contributed by atoms with van der Waals surface area (Å²) in [5.74, 6) is 1.01. The van der Waals surface area contributed by atoms with Gasteiger partial charge >= 0.3 is 0 Å². The summed E-state index contributed by atoms with van der Waals surface area (Å²) in [7, 11) is 0. The molecule has 0 aromatic carbocycles. The summed E-state index contributed by atoms with van der Waals surface area (Å²) in [5, 5.41) is 8.02. The summed E-state index contributed by atoms with van der Waals surface area (Å²) in [5.41, 5.74) is 9.48. The second-order valence-electron chi connectivity index (χ2n) is 7.15. The van der Waals surface area contributed by atoms with Crippen molar-refractivity contribution in [2.75, 3.05) is 5.73 Å². The van der Waals surface area contributed by atoms with Gasteiger partial charge in [0, 0.05) is 47.6 Å². The van der Waals surface area contributed by atoms with E-state index in [-0.39, 0.29) is 5.56 Å². The Balaban J connectivity index is 1.62. The lowest BCUT2D eigenvalue weighted by Crippen LogP contribution is -2.37. The second-order valence-corrected chi connectivity index (χ2v) is 7.15. The fourth-order valence-electron chi connectivity index (χ4n) is 4.33. The highest BCUT2D eigenvalue weighted by molar-refractivity contribution is 5.77. The fourth-order valence-corrected chi connectivity index (χ4v) is 4.33. The predicted molar refractivity (Wildman–Crippen MR) is 95.4 cm³/mol. The second kappa shape index (κ2) is 5.42. The number of nitrogen functional groups attached to an aromatic ring is 1. The van der Waals surface area contributed by atoms with Crippen molar-refractivity contribution in [1.82, 2.24) is 24.9 Å². The van der Waals surface area contributed by atoms with Gasteiger partial charge in [0.15, 0.2) is 5.65 Å². The SMILES string of the molecule is Nc1cc(C2CC3CCC(C2)N3)nc2c(-c3cc[nH]c(=O)c3)cnn12. The molecule has 0 amide bonds. The molecule has 5 heterocycles. The summed E-state index contributed by atoms with van der Waals surface area (Å²) in [4.78, 5) is 19.2. The van der Waals surface area contributed by atoms with Gasteiger partial charge in [0.2, 0.25) is 5.56 Å². The molecule has 3 aromatic heterocycles. The number of rotatable bonds is 2. The zero-order valence-electron chi connectivity index (χ0n) is 13.8. The first-order valence-electron chi connectivity index (χ1n) is 8.76. The molecular formula is C18H20N6O. The first kappa shape index (κ1) is 14.7. The van der Waals surface area contributed by atoms with Gasteiger partial charge in [0.05, 0.1) is 6.20 Å². The molecule has 2 aliphatic heterocycles. The number of anilines is 1. The highest BCUT2D eigenvalue weighted by Crippen LogP contribution is 2.37. The Morgan fingerprint density at radius 1 is 1.20 bits per heavy atom. The Bertz CT molecular complexity index is 994. The summed E-state index contributed by atoms with van der Waals surface area (Å²) in [6.07, 6.45) is 8.08. The van der Waals surface area contributed by atoms with Crippen LogP contribution in [0.25, 0.3) is 16.8 Å². The van der Waals surface area contributed by atoms with E-state index in [2.05, 4.69) is 15.4 Å². The van der Waals surface area contributed by atoms with E-state index in [1.165, 1.54) is 12.8 Å². The highest BCUT2D eigenvalue weighted by atomic mass is 16.1. The number of nitrogens with one attached hydrogen (secondary N) is 2. The van der Waals surface area contributed by atoms with Crippen molar-refractivity contribution in [1.29, 1.82) is 0 Å². The van der Waals surface area contributed by atoms with Gasteiger partial charge in [-0.05, 0) is 37.3 Å². The molecule has 0 saturated carbocycles. The smallest absolute Gasteiger partial charge is 0.248 e. The van der Waals surface area contributed by atoms with E-state index >= 15 is 0 Å². The summed E-state index contributed by atoms with van der Waals surface area (Å²) in [6, 6.07) is 6.57. The molecule has 2 fully saturated rings. The van der Waals surface area contributed by atoms with Crippen LogP contribution < -0.4 is 16.6 Å². The maximum Gasteiger partial charge on any atom is 0.248 e. The minimum Gasteiger partial charge on any atom is -0.384 e. The molecule has 2 unspecified atom stereocenters. The normalized spacial score (nSPS) is 25.5. The first-order valence-corrected chi connectivity index (χ1v) is 8.76. The number of nitrogens with two attached hydrogens (primary N) is 1. The maximum absolute atomic E-state index is 11.6. The standard InChI is InChI=1S/C18H20N6O/c19-16-8-15(11-5-12-1-2-13(6-11)22-12)23-18-14(9-21-24(16)18)10-3-4-20-17(25)7-10/h3-4,7-9,11-13,22H,1-2,5-6,19H2,(H,20,25). The van der Waals surface area contributed by atoms with Gasteiger partial charge in [-0.25, -0.2) is 4.98 Å². The van der Waals surface area contributed by atoms with Crippen LogP contribution in [0.4, 0.5) is 5.82 Å². The molecule has 7 nitrogen and oxygen atoms in total. The van der Waals surface area contributed by atoms with E-state index in [0.717, 1.165) is 29.7 Å². The summed E-state index contributed by atoms with van der Waals surface area (Å²) >= 11 is 0. The third kappa shape index (κ3) is 2.42. The van der Waals surface area contributed by atoms with Crippen LogP contribution in [0, 0.1) is 0 Å². The van der Waals surface area contributed by atoms with Crippen LogP contribution in [0.1, 0.15) is 37.3 Å². The molecular weight excluding hydrogens is 316 g/mol. The Morgan fingerprint density at radius 2 is 2.00 bits per heavy atom. The molecule has 3 aromatic rings. The number of H-pyrrole nitrogens is 1. The van der Waals surface area contributed by atoms with E-state index < -0.39 is 0 Å². The molecule has 0 aliphatic carbocycles. The predicted octanol–water partition coefficient (Wildman–Crippen LogP) is 1.66. The molecule has 25 heavy (non-hydrogen) atoms. The third-order valence-electron chi connectivity index (χ3n) is 5.50. The van der Waals surface area contributed by atoms with E-state index in [0.29, 0.717) is 29.5 Å². The number of nitrogens with zero attached hydrogens (tertiary/aromatic N) is 3. The van der Waals surface area contributed by atoms with Crippen LogP contribution in [-0.4, -0.2) is 31.7 Å². The quantitative estimate of drug-likeness (QED) is 0.661. The zero-order valence-corrected chi connectivity index (χ0v) is 13.8. The van der Waals surface area contributed by atoms with Crippen molar-refractivity contribution in [2.45, 2.75) is 43.7 Å². The number of fused-ring (bicyclic) bond motifs is 3. The Morgan fingerprint density at radius 3 is 2.76 bits per heavy atom. The molecule has 0 radical (unpaired) electrons. The molecule has 0 spiro atoms. The van der Waals surface area contributed by atoms with Crippen LogP contribution in [-0.2, 0) is 0 Å². The van der Waals surface area contributed by atoms with Crippen molar-refractivity contribution in [3.8, 4) is 11.1 Å². The molecule has 2 atom stereocenters. The largest absolute Gasteiger partial charge is 0.384 e. The average molecular weight is 336 g/mol. The van der Waals surface area contributed by atoms with Crippen molar-refractivity contribution in [2.24, 2.45) is 0 Å². The Hall–Kier alpha value is -2.67. The molecule has 2 saturated heterocycles. The highest BCUT2D eigenvalue weighted by Gasteiger charge is 2.35. The number of aromatic amines is 1. The summed E-state index contributed by atoms with van der Waals surface area (Å²) < 4.78 is 1.65. The third-order valence-corrected chi connectivity index (χ3v) is 5.50. The van der Waals surface area contributed by atoms with Crippen LogP contribution >= 0.6 is 0 Å². The van der Waals surface area contributed by atoms with E-state index in [1.807, 2.05) is 12.1 Å². The van der Waals surface area contributed by atoms with Gasteiger partial charge in [-0.1, -0.05) is 0 Å². The van der Waals surface area contributed by atoms with Crippen LogP contribution in [0.5, 0.6) is 0 Å². The topological polar surface area (TPSA) is 101 Å². The lowest BCUT2D eigenvalue weighted by Gasteiger charge is -2.28. The van der Waals surface area contributed by atoms with E-state index in [4.69, 9.17) is 10.7 Å². The van der Waals surface area contributed by atoms with Crippen LogP contribution in [0.2, 0.25) is 0 Å². The Labute approximate surface area is 144 Å².